The van der Waals surface area contributed by atoms with Gasteiger partial charge in [-0.2, -0.15) is 0 Å². The minimum absolute atomic E-state index is 0.324. The average molecular weight is 127 g/mol. The largest absolute Gasteiger partial charge is 0.477 e. The second-order valence-electron chi connectivity index (χ2n) is 1.43. The molecule has 9 heavy (non-hydrogen) atoms. The molecular weight excluding hydrogens is 124 g/mol. The molecule has 0 saturated heterocycles. The van der Waals surface area contributed by atoms with E-state index in [1.807, 2.05) is 0 Å². The first-order valence-corrected chi connectivity index (χ1v) is 2.19. The van der Waals surface area contributed by atoms with Gasteiger partial charge in [0.2, 0.25) is 0 Å². The molecule has 0 fully saturated rings. The number of hydrogen-bond acceptors (Lipinski definition) is 2. The minimum atomic E-state index is -1.26. The van der Waals surface area contributed by atoms with E-state index in [1.165, 1.54) is 0 Å². The molecule has 0 aliphatic rings. The van der Waals surface area contributed by atoms with Crippen molar-refractivity contribution >= 4 is 5.97 Å². The molecule has 0 unspecified atom stereocenters. The number of carboxylic acids is 1. The molecule has 1 aromatic heterocycles. The second-order valence-corrected chi connectivity index (χ2v) is 1.43. The van der Waals surface area contributed by atoms with Crippen LogP contribution in [0, 0.1) is 0 Å². The Bertz CT molecular complexity index is 225. The number of carboxylic acid groups (broad SMARTS) is 1. The maximum Gasteiger partial charge on any atom is 0.350 e. The Morgan fingerprint density at radius 1 is 1.67 bits per heavy atom. The summed E-state index contributed by atoms with van der Waals surface area (Å²) in [7, 11) is 0. The van der Waals surface area contributed by atoms with E-state index in [0.717, 1.165) is 12.3 Å². The van der Waals surface area contributed by atoms with Crippen LogP contribution >= 0.6 is 0 Å². The fraction of sp³-hybridized carbons (Fsp3) is 0. The monoisotopic (exact) mass is 127 g/mol. The number of rotatable bonds is 1. The lowest BCUT2D eigenvalue weighted by Crippen LogP contribution is -1.91. The van der Waals surface area contributed by atoms with Gasteiger partial charge < -0.3 is 9.52 Å². The van der Waals surface area contributed by atoms with Gasteiger partial charge in [-0.1, -0.05) is 0 Å². The van der Waals surface area contributed by atoms with Crippen molar-refractivity contribution in [2.24, 2.45) is 0 Å². The van der Waals surface area contributed by atoms with Crippen LogP contribution in [0.1, 0.15) is 10.4 Å². The summed E-state index contributed by atoms with van der Waals surface area (Å²) in [6.45, 7) is 0. The first-order valence-electron chi connectivity index (χ1n) is 2.19. The zero-order valence-corrected chi connectivity index (χ0v) is 4.33. The Morgan fingerprint density at radius 3 is 2.56 bits per heavy atom. The Kier molecular flexibility index (Phi) is 1.14. The van der Waals surface area contributed by atoms with E-state index in [0.29, 0.717) is 0 Å². The van der Waals surface area contributed by atoms with Gasteiger partial charge >= 0.3 is 11.9 Å². The molecule has 4 nitrogen and oxygen atoms in total. The molecule has 1 aromatic rings. The highest BCUT2D eigenvalue weighted by Crippen LogP contribution is 2.17. The van der Waals surface area contributed by atoms with Gasteiger partial charge in [0.1, 0.15) is 5.56 Å². The Labute approximate surface area is 50.3 Å². The van der Waals surface area contributed by atoms with Crippen molar-refractivity contribution < 1.29 is 19.4 Å². The maximum atomic E-state index is 10.3. The van der Waals surface area contributed by atoms with Crippen molar-refractivity contribution in [3.8, 4) is 5.95 Å². The van der Waals surface area contributed by atoms with Crippen molar-refractivity contribution in [2.75, 3.05) is 0 Å². The SMILES string of the molecule is [O]c1occc1C(=O)O. The molecular formula is C5H3O4. The summed E-state index contributed by atoms with van der Waals surface area (Å²) in [6.07, 6.45) is 1.05. The van der Waals surface area contributed by atoms with Crippen LogP contribution < -0.4 is 0 Å². The van der Waals surface area contributed by atoms with Gasteiger partial charge in [0.15, 0.2) is 0 Å². The predicted molar refractivity (Wildman–Crippen MR) is 25.8 cm³/mol. The van der Waals surface area contributed by atoms with E-state index >= 15 is 0 Å². The topological polar surface area (TPSA) is 70.3 Å². The third-order valence-corrected chi connectivity index (χ3v) is 0.860. The summed E-state index contributed by atoms with van der Waals surface area (Å²) in [6, 6.07) is 1.12. The number of carbonyl (C=O) groups is 1. The molecule has 1 heterocycles. The van der Waals surface area contributed by atoms with Gasteiger partial charge in [0.05, 0.1) is 6.26 Å². The lowest BCUT2D eigenvalue weighted by atomic mass is 10.3. The van der Waals surface area contributed by atoms with Crippen LogP contribution in [0.2, 0.25) is 0 Å². The molecule has 0 aliphatic carbocycles. The maximum absolute atomic E-state index is 10.3. The fourth-order valence-electron chi connectivity index (χ4n) is 0.454. The van der Waals surface area contributed by atoms with E-state index in [-0.39, 0.29) is 5.56 Å². The lowest BCUT2D eigenvalue weighted by Gasteiger charge is -1.80. The average Bonchev–Trinajstić information content (AvgIpc) is 2.13. The van der Waals surface area contributed by atoms with Gasteiger partial charge in [0, 0.05) is 0 Å². The molecule has 0 aromatic carbocycles. The third-order valence-electron chi connectivity index (χ3n) is 0.860. The van der Waals surface area contributed by atoms with Crippen LogP contribution in [0.15, 0.2) is 16.7 Å². The highest BCUT2D eigenvalue weighted by Gasteiger charge is 2.12. The van der Waals surface area contributed by atoms with Crippen molar-refractivity contribution in [3.05, 3.63) is 17.9 Å². The molecule has 1 N–H and O–H groups in total. The van der Waals surface area contributed by atoms with Gasteiger partial charge in [0.25, 0.3) is 0 Å². The second kappa shape index (κ2) is 1.81. The standard InChI is InChI=1S/C5H3O4/c6-4(7)3-1-2-9-5(3)8/h1-2H,(H,6,7). The fourth-order valence-corrected chi connectivity index (χ4v) is 0.454. The molecule has 0 amide bonds. The molecule has 0 aliphatic heterocycles. The molecule has 1 rings (SSSR count). The molecule has 0 saturated carbocycles. The van der Waals surface area contributed by atoms with Crippen LogP contribution in [0.3, 0.4) is 0 Å². The van der Waals surface area contributed by atoms with E-state index < -0.39 is 11.9 Å². The highest BCUT2D eigenvalue weighted by atomic mass is 16.5. The van der Waals surface area contributed by atoms with Gasteiger partial charge in [-0.25, -0.2) is 9.90 Å². The summed E-state index contributed by atoms with van der Waals surface area (Å²) < 4.78 is 4.19. The van der Waals surface area contributed by atoms with Crippen LogP contribution in [0.4, 0.5) is 0 Å². The first kappa shape index (κ1) is 5.68. The zero-order valence-electron chi connectivity index (χ0n) is 4.33. The number of hydrogen-bond donors (Lipinski definition) is 1. The summed E-state index contributed by atoms with van der Waals surface area (Å²) in [4.78, 5) is 10.0. The van der Waals surface area contributed by atoms with Crippen LogP contribution in [-0.2, 0) is 5.11 Å². The van der Waals surface area contributed by atoms with Crippen LogP contribution in [-0.4, -0.2) is 11.1 Å². The van der Waals surface area contributed by atoms with Gasteiger partial charge in [-0.15, -0.1) is 0 Å². The van der Waals surface area contributed by atoms with Crippen LogP contribution in [0.5, 0.6) is 5.95 Å². The third kappa shape index (κ3) is 0.861. The smallest absolute Gasteiger partial charge is 0.350 e. The number of aromatic carboxylic acids is 1. The Morgan fingerprint density at radius 2 is 2.33 bits per heavy atom. The van der Waals surface area contributed by atoms with Crippen LogP contribution in [0.25, 0.3) is 0 Å². The summed E-state index contributed by atoms with van der Waals surface area (Å²) >= 11 is 0. The van der Waals surface area contributed by atoms with Gasteiger partial charge in [-0.3, -0.25) is 0 Å². The van der Waals surface area contributed by atoms with Gasteiger partial charge in [-0.05, 0) is 6.07 Å². The quantitative estimate of drug-likeness (QED) is 0.614. The lowest BCUT2D eigenvalue weighted by molar-refractivity contribution is 0.0687. The van der Waals surface area contributed by atoms with E-state index in [2.05, 4.69) is 4.42 Å². The Balaban J connectivity index is 3.08. The van der Waals surface area contributed by atoms with Crippen molar-refractivity contribution in [1.29, 1.82) is 0 Å². The molecule has 0 atom stereocenters. The van der Waals surface area contributed by atoms with E-state index in [9.17, 15) is 9.90 Å². The molecule has 0 spiro atoms. The van der Waals surface area contributed by atoms with E-state index in [4.69, 9.17) is 5.11 Å². The molecule has 4 heteroatoms. The predicted octanol–water partition coefficient (Wildman–Crippen LogP) is 1.12. The molecule has 1 radical (unpaired) electrons. The van der Waals surface area contributed by atoms with E-state index in [1.54, 1.807) is 0 Å². The summed E-state index contributed by atoms with van der Waals surface area (Å²) in [5.74, 6) is -2.06. The summed E-state index contributed by atoms with van der Waals surface area (Å²) in [5.41, 5.74) is -0.324. The van der Waals surface area contributed by atoms with Crippen molar-refractivity contribution in [2.45, 2.75) is 0 Å². The molecule has 0 bridgehead atoms. The zero-order chi connectivity index (χ0) is 6.85. The van der Waals surface area contributed by atoms with Crippen molar-refractivity contribution in [1.82, 2.24) is 0 Å². The normalized spacial score (nSPS) is 9.33. The first-order chi connectivity index (χ1) is 4.22. The minimum Gasteiger partial charge on any atom is -0.477 e. The number of furan rings is 1. The van der Waals surface area contributed by atoms with Crippen molar-refractivity contribution in [3.63, 3.8) is 0 Å². The summed E-state index contributed by atoms with van der Waals surface area (Å²) in [5, 5.41) is 18.5. The molecule has 47 valence electrons. The highest BCUT2D eigenvalue weighted by molar-refractivity contribution is 5.89. The Hall–Kier alpha value is -1.45.